The van der Waals surface area contributed by atoms with Gasteiger partial charge in [0.05, 0.1) is 0 Å². The number of hydrogen-bond donors (Lipinski definition) is 0. The van der Waals surface area contributed by atoms with E-state index in [1.807, 2.05) is 30.3 Å². The summed E-state index contributed by atoms with van der Waals surface area (Å²) >= 11 is 0. The van der Waals surface area contributed by atoms with E-state index in [0.717, 1.165) is 5.56 Å². The fourth-order valence-corrected chi connectivity index (χ4v) is 1.41. The van der Waals surface area contributed by atoms with E-state index < -0.39 is 0 Å². The first-order chi connectivity index (χ1) is 10.7. The fraction of sp³-hybridized carbons (Fsp3) is 0.360. The predicted molar refractivity (Wildman–Crippen MR) is 123 cm³/mol. The van der Waals surface area contributed by atoms with Crippen molar-refractivity contribution in [3.05, 3.63) is 101 Å². The van der Waals surface area contributed by atoms with Gasteiger partial charge in [-0.25, -0.2) is 0 Å². The van der Waals surface area contributed by atoms with Crippen molar-refractivity contribution in [3.8, 4) is 0 Å². The van der Waals surface area contributed by atoms with Gasteiger partial charge in [0.1, 0.15) is 0 Å². The molecule has 0 heterocycles. The first kappa shape index (κ1) is 46.1. The van der Waals surface area contributed by atoms with E-state index in [4.69, 9.17) is 0 Å². The van der Waals surface area contributed by atoms with Crippen molar-refractivity contribution in [2.24, 2.45) is 0 Å². The second kappa shape index (κ2) is 41.2. The Morgan fingerprint density at radius 3 is 1.11 bits per heavy atom. The quantitative estimate of drug-likeness (QED) is 0.294. The molecule has 0 fully saturated rings. The predicted octanol–water partition coefficient (Wildman–Crippen LogP) is 8.69. The maximum Gasteiger partial charge on any atom is 0 e. The van der Waals surface area contributed by atoms with Gasteiger partial charge in [0.25, 0.3) is 0 Å². The minimum absolute atomic E-state index is 0. The minimum atomic E-state index is 0. The van der Waals surface area contributed by atoms with Gasteiger partial charge in [-0.05, 0) is 12.0 Å². The van der Waals surface area contributed by atoms with Gasteiger partial charge < -0.3 is 22.3 Å². The number of aryl methyl sites for hydroxylation is 1. The number of rotatable bonds is 2. The molecule has 0 aliphatic rings. The van der Waals surface area contributed by atoms with E-state index in [-0.39, 0.29) is 93.5 Å². The van der Waals surface area contributed by atoms with Gasteiger partial charge in [0.15, 0.2) is 0 Å². The van der Waals surface area contributed by atoms with Gasteiger partial charge in [-0.2, -0.15) is 24.6 Å². The summed E-state index contributed by atoms with van der Waals surface area (Å²) in [7, 11) is 0. The number of benzene rings is 2. The molecule has 27 heavy (non-hydrogen) atoms. The third-order valence-corrected chi connectivity index (χ3v) is 2.22. The molecule has 0 unspecified atom stereocenters. The molecule has 2 radical (unpaired) electrons. The summed E-state index contributed by atoms with van der Waals surface area (Å²) in [6.45, 7) is 14.4. The van der Waals surface area contributed by atoms with Crippen LogP contribution in [0.5, 0.6) is 0 Å². The van der Waals surface area contributed by atoms with Crippen molar-refractivity contribution in [1.82, 2.24) is 0 Å². The van der Waals surface area contributed by atoms with E-state index in [1.54, 1.807) is 0 Å². The van der Waals surface area contributed by atoms with Crippen LogP contribution < -0.4 is 0 Å². The van der Waals surface area contributed by atoms with Crippen LogP contribution in [0.3, 0.4) is 0 Å². The molecule has 0 aliphatic carbocycles. The van der Waals surface area contributed by atoms with Crippen molar-refractivity contribution in [3.63, 3.8) is 0 Å². The molecule has 0 saturated carbocycles. The molecule has 0 N–H and O–H groups in total. The molecule has 2 aromatic carbocycles. The smallest absolute Gasteiger partial charge is 0 e. The van der Waals surface area contributed by atoms with Crippen LogP contribution in [-0.2, 0) is 6.42 Å². The molecule has 0 aromatic heterocycles. The molecule has 2 rings (SSSR count). The average molecular weight is 622 g/mol. The second-order valence-corrected chi connectivity index (χ2v) is 5.14. The Morgan fingerprint density at radius 1 is 0.593 bits per heavy atom. The van der Waals surface area contributed by atoms with Gasteiger partial charge in [-0.1, -0.05) is 90.3 Å². The third-order valence-electron chi connectivity index (χ3n) is 2.22. The van der Waals surface area contributed by atoms with Gasteiger partial charge in [-0.15, -0.1) is 12.1 Å². The second-order valence-electron chi connectivity index (χ2n) is 5.14. The van der Waals surface area contributed by atoms with Crippen molar-refractivity contribution < 1.29 is 71.2 Å². The normalized spacial score (nSPS) is 6.70. The molecule has 0 aliphatic heterocycles. The Labute approximate surface area is 229 Å². The summed E-state index contributed by atoms with van der Waals surface area (Å²) in [6.07, 6.45) is 4.95. The van der Waals surface area contributed by atoms with E-state index in [9.17, 15) is 0 Å². The zero-order valence-corrected chi connectivity index (χ0v) is 26.7. The minimum Gasteiger partial charge on any atom is -0.358 e. The largest absolute Gasteiger partial charge is 0.358 e. The van der Waals surface area contributed by atoms with Crippen molar-refractivity contribution in [2.45, 2.75) is 60.3 Å². The van der Waals surface area contributed by atoms with Crippen molar-refractivity contribution in [2.75, 3.05) is 0 Å². The maximum atomic E-state index is 3.72. The summed E-state index contributed by atoms with van der Waals surface area (Å²) in [5.74, 6) is 0. The monoisotopic (exact) mass is 622 g/mol. The summed E-state index contributed by atoms with van der Waals surface area (Å²) < 4.78 is 0. The summed E-state index contributed by atoms with van der Waals surface area (Å²) in [5, 5.41) is 0. The molecular formula is C25H44La2-4. The Kier molecular flexibility index (Phi) is 70.2. The van der Waals surface area contributed by atoms with Crippen molar-refractivity contribution in [1.29, 1.82) is 0 Å². The third kappa shape index (κ3) is 42.0. The number of hydrogen-bond acceptors (Lipinski definition) is 0. The molecule has 0 bridgehead atoms. The molecule has 0 nitrogen and oxygen atoms in total. The molecule has 2 heteroatoms. The fourth-order valence-electron chi connectivity index (χ4n) is 1.41. The zero-order valence-electron chi connectivity index (χ0n) is 19.5. The first-order valence-electron chi connectivity index (χ1n) is 8.56. The molecule has 2 aromatic rings. The van der Waals surface area contributed by atoms with Crippen LogP contribution in [-0.4, -0.2) is 0 Å². The molecule has 0 atom stereocenters. The van der Waals surface area contributed by atoms with Crippen molar-refractivity contribution >= 4 is 0 Å². The Balaban J connectivity index is -0.0000000407. The summed E-state index contributed by atoms with van der Waals surface area (Å²) in [4.78, 5) is 0. The molecule has 0 amide bonds. The standard InChI is InChI=1S/C9H12.C7H7.2C3H8.3CH3.2La/c1-2-6-9-7-4-3-5-8-9;1-7-5-3-2-4-6-7;2*1-3-2;;;;;/h3-5,7-8H,2,6H2,1H3;2-6H,1H2;2*3H2,1-2H3;3*1H3;;/q;-1;;;3*-1;;. The SMILES string of the molecule is CCC.CCC.CCCc1ccccc1.[CH2-]c1ccccc1.[CH3-].[CH3-].[CH3-].[La].[La]. The average Bonchev–Trinajstić information content (AvgIpc) is 2.52. The van der Waals surface area contributed by atoms with Crippen LogP contribution in [0.1, 0.15) is 65.0 Å². The molecule has 154 valence electrons. The summed E-state index contributed by atoms with van der Waals surface area (Å²) in [6, 6.07) is 20.4. The van der Waals surface area contributed by atoms with Crippen LogP contribution in [0.15, 0.2) is 60.7 Å². The van der Waals surface area contributed by atoms with Gasteiger partial charge in [0.2, 0.25) is 0 Å². The van der Waals surface area contributed by atoms with Crippen LogP contribution in [0.2, 0.25) is 0 Å². The van der Waals surface area contributed by atoms with E-state index in [1.165, 1.54) is 31.2 Å². The maximum absolute atomic E-state index is 3.72. The van der Waals surface area contributed by atoms with E-state index >= 15 is 0 Å². The van der Waals surface area contributed by atoms with Crippen LogP contribution in [0.25, 0.3) is 0 Å². The zero-order chi connectivity index (χ0) is 17.1. The Hall–Kier alpha value is 0.700. The van der Waals surface area contributed by atoms with Gasteiger partial charge in [0, 0.05) is 71.2 Å². The van der Waals surface area contributed by atoms with Crippen LogP contribution >= 0.6 is 0 Å². The summed E-state index contributed by atoms with van der Waals surface area (Å²) in [5.41, 5.74) is 2.52. The molecular weight excluding hydrogens is 578 g/mol. The van der Waals surface area contributed by atoms with Crippen LogP contribution in [0.4, 0.5) is 0 Å². The Bertz CT molecular complexity index is 397. The molecule has 0 saturated heterocycles. The topological polar surface area (TPSA) is 0 Å². The van der Waals surface area contributed by atoms with Gasteiger partial charge in [-0.3, -0.25) is 0 Å². The Morgan fingerprint density at radius 2 is 0.889 bits per heavy atom. The van der Waals surface area contributed by atoms with E-state index in [0.29, 0.717) is 0 Å². The van der Waals surface area contributed by atoms with E-state index in [2.05, 4.69) is 71.9 Å². The first-order valence-corrected chi connectivity index (χ1v) is 8.56. The van der Waals surface area contributed by atoms with Gasteiger partial charge >= 0.3 is 0 Å². The molecule has 0 spiro atoms. The van der Waals surface area contributed by atoms with Crippen LogP contribution in [0, 0.1) is 100 Å².